The quantitative estimate of drug-likeness (QED) is 0.617. The molecule has 0 aliphatic carbocycles. The molecule has 0 fully saturated rings. The highest BCUT2D eigenvalue weighted by atomic mass is 16.5. The van der Waals surface area contributed by atoms with E-state index in [9.17, 15) is 0 Å². The van der Waals surface area contributed by atoms with E-state index in [2.05, 4.69) is 44.8 Å². The van der Waals surface area contributed by atoms with Crippen LogP contribution < -0.4 is 5.32 Å². The Morgan fingerprint density at radius 2 is 1.83 bits per heavy atom. The maximum absolute atomic E-state index is 5.41. The summed E-state index contributed by atoms with van der Waals surface area (Å²) < 4.78 is 5.41. The lowest BCUT2D eigenvalue weighted by Crippen LogP contribution is -2.34. The zero-order valence-corrected chi connectivity index (χ0v) is 13.4. The fourth-order valence-electron chi connectivity index (χ4n) is 1.98. The SMILES string of the molecule is CCN(CC)CCCC(C)NCCC(C)(C)OC. The van der Waals surface area contributed by atoms with E-state index in [-0.39, 0.29) is 5.60 Å². The Morgan fingerprint density at radius 3 is 2.33 bits per heavy atom. The standard InChI is InChI=1S/C15H34N2O/c1-7-17(8-2)13-9-10-14(3)16-12-11-15(4,5)18-6/h14,16H,7-13H2,1-6H3. The Hall–Kier alpha value is -0.120. The molecule has 1 atom stereocenters. The maximum atomic E-state index is 5.41. The van der Waals surface area contributed by atoms with Gasteiger partial charge in [0.05, 0.1) is 5.60 Å². The lowest BCUT2D eigenvalue weighted by Gasteiger charge is -2.24. The minimum atomic E-state index is -0.00601. The van der Waals surface area contributed by atoms with Crippen LogP contribution in [0.2, 0.25) is 0 Å². The Morgan fingerprint density at radius 1 is 1.22 bits per heavy atom. The number of ether oxygens (including phenoxy) is 1. The summed E-state index contributed by atoms with van der Waals surface area (Å²) in [6, 6.07) is 0.605. The fourth-order valence-corrected chi connectivity index (χ4v) is 1.98. The van der Waals surface area contributed by atoms with Crippen LogP contribution >= 0.6 is 0 Å². The minimum absolute atomic E-state index is 0.00601. The van der Waals surface area contributed by atoms with E-state index in [0.717, 1.165) is 13.0 Å². The van der Waals surface area contributed by atoms with Crippen molar-refractivity contribution in [1.82, 2.24) is 10.2 Å². The van der Waals surface area contributed by atoms with Crippen LogP contribution in [0, 0.1) is 0 Å². The molecule has 1 N–H and O–H groups in total. The van der Waals surface area contributed by atoms with Crippen molar-refractivity contribution in [3.8, 4) is 0 Å². The molecular weight excluding hydrogens is 224 g/mol. The van der Waals surface area contributed by atoms with Crippen LogP contribution in [-0.2, 0) is 4.74 Å². The van der Waals surface area contributed by atoms with Crippen LogP contribution in [-0.4, -0.2) is 49.8 Å². The predicted octanol–water partition coefficient (Wildman–Crippen LogP) is 2.90. The van der Waals surface area contributed by atoms with Gasteiger partial charge in [-0.1, -0.05) is 13.8 Å². The maximum Gasteiger partial charge on any atom is 0.0634 e. The summed E-state index contributed by atoms with van der Waals surface area (Å²) in [6.07, 6.45) is 3.59. The van der Waals surface area contributed by atoms with Crippen LogP contribution in [0.15, 0.2) is 0 Å². The van der Waals surface area contributed by atoms with Gasteiger partial charge in [0.25, 0.3) is 0 Å². The van der Waals surface area contributed by atoms with Gasteiger partial charge in [0.15, 0.2) is 0 Å². The molecule has 1 unspecified atom stereocenters. The third-order valence-corrected chi connectivity index (χ3v) is 3.78. The molecule has 0 saturated heterocycles. The highest BCUT2D eigenvalue weighted by molar-refractivity contribution is 4.71. The highest BCUT2D eigenvalue weighted by Crippen LogP contribution is 2.11. The Bertz CT molecular complexity index is 191. The largest absolute Gasteiger partial charge is 0.379 e. The molecular formula is C15H34N2O. The Labute approximate surface area is 114 Å². The predicted molar refractivity (Wildman–Crippen MR) is 80.2 cm³/mol. The first-order valence-corrected chi connectivity index (χ1v) is 7.46. The van der Waals surface area contributed by atoms with E-state index in [1.54, 1.807) is 7.11 Å². The van der Waals surface area contributed by atoms with E-state index in [0.29, 0.717) is 6.04 Å². The molecule has 0 heterocycles. The van der Waals surface area contributed by atoms with Crippen LogP contribution in [0.3, 0.4) is 0 Å². The van der Waals surface area contributed by atoms with Crippen LogP contribution in [0.4, 0.5) is 0 Å². The lowest BCUT2D eigenvalue weighted by atomic mass is 10.0. The molecule has 18 heavy (non-hydrogen) atoms. The summed E-state index contributed by atoms with van der Waals surface area (Å²) in [7, 11) is 1.79. The third-order valence-electron chi connectivity index (χ3n) is 3.78. The Kier molecular flexibility index (Phi) is 9.70. The number of hydrogen-bond donors (Lipinski definition) is 1. The van der Waals surface area contributed by atoms with Gasteiger partial charge in [-0.15, -0.1) is 0 Å². The van der Waals surface area contributed by atoms with E-state index in [4.69, 9.17) is 4.74 Å². The Balaban J connectivity index is 3.57. The molecule has 0 aliphatic heterocycles. The first kappa shape index (κ1) is 17.9. The third kappa shape index (κ3) is 8.90. The van der Waals surface area contributed by atoms with Crippen molar-refractivity contribution < 1.29 is 4.74 Å². The van der Waals surface area contributed by atoms with Gasteiger partial charge in [-0.05, 0) is 66.2 Å². The van der Waals surface area contributed by atoms with Crippen molar-refractivity contribution in [2.45, 2.75) is 65.5 Å². The molecule has 0 saturated carbocycles. The average Bonchev–Trinajstić information content (AvgIpc) is 2.34. The molecule has 0 spiro atoms. The van der Waals surface area contributed by atoms with Crippen molar-refractivity contribution in [2.75, 3.05) is 33.3 Å². The topological polar surface area (TPSA) is 24.5 Å². The van der Waals surface area contributed by atoms with Gasteiger partial charge in [0.2, 0.25) is 0 Å². The van der Waals surface area contributed by atoms with Crippen LogP contribution in [0.25, 0.3) is 0 Å². The van der Waals surface area contributed by atoms with Crippen molar-refractivity contribution in [3.63, 3.8) is 0 Å². The second-order valence-electron chi connectivity index (χ2n) is 5.74. The van der Waals surface area contributed by atoms with Gasteiger partial charge in [-0.25, -0.2) is 0 Å². The summed E-state index contributed by atoms with van der Waals surface area (Å²) in [5.41, 5.74) is -0.00601. The summed E-state index contributed by atoms with van der Waals surface area (Å²) in [4.78, 5) is 2.49. The van der Waals surface area contributed by atoms with Crippen molar-refractivity contribution >= 4 is 0 Å². The van der Waals surface area contributed by atoms with Gasteiger partial charge in [-0.2, -0.15) is 0 Å². The molecule has 3 nitrogen and oxygen atoms in total. The fraction of sp³-hybridized carbons (Fsp3) is 1.00. The van der Waals surface area contributed by atoms with Crippen LogP contribution in [0.1, 0.15) is 53.9 Å². The van der Waals surface area contributed by atoms with Gasteiger partial charge in [0.1, 0.15) is 0 Å². The number of nitrogens with one attached hydrogen (secondary N) is 1. The molecule has 0 aromatic heterocycles. The molecule has 0 amide bonds. The van der Waals surface area contributed by atoms with Crippen molar-refractivity contribution in [1.29, 1.82) is 0 Å². The van der Waals surface area contributed by atoms with Gasteiger partial charge >= 0.3 is 0 Å². The van der Waals surface area contributed by atoms with E-state index >= 15 is 0 Å². The molecule has 0 rings (SSSR count). The number of hydrogen-bond acceptors (Lipinski definition) is 3. The van der Waals surface area contributed by atoms with E-state index < -0.39 is 0 Å². The van der Waals surface area contributed by atoms with Crippen molar-refractivity contribution in [2.24, 2.45) is 0 Å². The second-order valence-corrected chi connectivity index (χ2v) is 5.74. The summed E-state index contributed by atoms with van der Waals surface area (Å²) in [6.45, 7) is 15.6. The summed E-state index contributed by atoms with van der Waals surface area (Å²) in [5.74, 6) is 0. The van der Waals surface area contributed by atoms with Gasteiger partial charge < -0.3 is 15.0 Å². The van der Waals surface area contributed by atoms with Crippen LogP contribution in [0.5, 0.6) is 0 Å². The van der Waals surface area contributed by atoms with Gasteiger partial charge in [-0.3, -0.25) is 0 Å². The molecule has 0 radical (unpaired) electrons. The first-order chi connectivity index (χ1) is 8.45. The number of methoxy groups -OCH3 is 1. The monoisotopic (exact) mass is 258 g/mol. The smallest absolute Gasteiger partial charge is 0.0634 e. The van der Waals surface area contributed by atoms with E-state index in [1.165, 1.54) is 32.5 Å². The molecule has 0 aromatic rings. The molecule has 110 valence electrons. The molecule has 0 bridgehead atoms. The molecule has 3 heteroatoms. The molecule has 0 aliphatic rings. The molecule has 0 aromatic carbocycles. The van der Waals surface area contributed by atoms with Crippen molar-refractivity contribution in [3.05, 3.63) is 0 Å². The normalized spacial score (nSPS) is 14.2. The summed E-state index contributed by atoms with van der Waals surface area (Å²) >= 11 is 0. The minimum Gasteiger partial charge on any atom is -0.379 e. The lowest BCUT2D eigenvalue weighted by molar-refractivity contribution is 0.0154. The first-order valence-electron chi connectivity index (χ1n) is 7.46. The van der Waals surface area contributed by atoms with Gasteiger partial charge in [0, 0.05) is 13.2 Å². The highest BCUT2D eigenvalue weighted by Gasteiger charge is 2.15. The zero-order valence-electron chi connectivity index (χ0n) is 13.4. The zero-order chi connectivity index (χ0) is 14.0. The second kappa shape index (κ2) is 9.76. The number of rotatable bonds is 11. The van der Waals surface area contributed by atoms with E-state index in [1.807, 2.05) is 0 Å². The average molecular weight is 258 g/mol. The summed E-state index contributed by atoms with van der Waals surface area (Å²) in [5, 5.41) is 3.58. The number of nitrogens with zero attached hydrogens (tertiary/aromatic N) is 1.